The van der Waals surface area contributed by atoms with Gasteiger partial charge in [-0.1, -0.05) is 27.7 Å². The molecule has 0 aromatic rings. The Morgan fingerprint density at radius 1 is 0.414 bits per heavy atom. The van der Waals surface area contributed by atoms with E-state index in [4.69, 9.17) is 69.6 Å². The second kappa shape index (κ2) is 34.1. The quantitative estimate of drug-likeness (QED) is 0.0367. The SMILES string of the molecule is CC(C)[C@H](O)[C@]12C(=O)N[C@H]1C(CCCl)=CS2(=O)=O.CC(C)[C@H](O)[C@]12C(=O)N[C@H]1C(CCCl)=C[Se]2(=O)=O.CC(C)[C@H](O)[C@]12C(=O)N[C@H]1C(CCCl)=C[Te]2(=O)=O.CC1=C(CCCl)[C@@H]2NC(=O)[C@]2([C@@H](O)C(C)C)S1(=O)=O.CC1=C(CCCl)[C@@H]2NC(=O)[C@]2([C@@H](O)C(C)C)[Se]1(=O)=O.CC1=C(CCCl)[C@@H]2NC(=O)[C@]2([C@@H](O)C(C)C)[Te]1(=O)=O. The molecule has 12 aliphatic heterocycles. The van der Waals surface area contributed by atoms with E-state index in [-0.39, 0.29) is 60.3 Å². The Balaban J connectivity index is 0.000000185. The molecule has 0 bridgehead atoms. The van der Waals surface area contributed by atoms with E-state index >= 15 is 0 Å². The molecule has 30 nitrogen and oxygen atoms in total. The van der Waals surface area contributed by atoms with Crippen molar-refractivity contribution >= 4 is 186 Å². The van der Waals surface area contributed by atoms with Crippen LogP contribution in [0.4, 0.5) is 0 Å². The van der Waals surface area contributed by atoms with E-state index in [1.54, 1.807) is 83.1 Å². The number of halogens is 6. The normalized spacial score (nSPS) is 34.3. The van der Waals surface area contributed by atoms with Crippen molar-refractivity contribution in [3.63, 3.8) is 0 Å². The maximum atomic E-state index is 12.7. The molecule has 12 N–H and O–H groups in total. The Bertz CT molecular complexity index is 4250. The van der Waals surface area contributed by atoms with Gasteiger partial charge >= 0.3 is 466 Å². The van der Waals surface area contributed by atoms with Crippen molar-refractivity contribution in [3.05, 3.63) is 60.9 Å². The summed E-state index contributed by atoms with van der Waals surface area (Å²) in [5.41, 5.74) is 3.74. The summed E-state index contributed by atoms with van der Waals surface area (Å²) in [6, 6.07) is -3.65. The summed E-state index contributed by atoms with van der Waals surface area (Å²) in [6.07, 6.45) is -4.73. The van der Waals surface area contributed by atoms with Gasteiger partial charge in [0.1, 0.15) is 0 Å². The van der Waals surface area contributed by atoms with E-state index in [0.717, 1.165) is 5.41 Å². The molecule has 111 heavy (non-hydrogen) atoms. The Hall–Kier alpha value is -2.32. The number of carbonyl (C=O) groups excluding carboxylic acids is 6. The van der Waals surface area contributed by atoms with Gasteiger partial charge in [0.05, 0.1) is 24.3 Å². The molecule has 18 atom stereocenters. The third kappa shape index (κ3) is 13.8. The number of fused-ring (bicyclic) bond motifs is 6. The number of β-lactam (4-membered cyclic amide) rings is 6. The van der Waals surface area contributed by atoms with Crippen LogP contribution in [0, 0.1) is 35.5 Å². The van der Waals surface area contributed by atoms with Gasteiger partial charge in [-0.15, -0.1) is 23.2 Å². The first kappa shape index (κ1) is 95.8. The van der Waals surface area contributed by atoms with Crippen LogP contribution in [-0.2, 0) is 76.2 Å². The van der Waals surface area contributed by atoms with E-state index in [2.05, 4.69) is 31.9 Å². The van der Waals surface area contributed by atoms with Crippen LogP contribution in [-0.4, -0.2) is 262 Å². The van der Waals surface area contributed by atoms with Gasteiger partial charge in [-0.25, -0.2) is 16.8 Å². The van der Waals surface area contributed by atoms with Gasteiger partial charge in [0.15, 0.2) is 19.7 Å². The van der Waals surface area contributed by atoms with Crippen molar-refractivity contribution in [2.45, 2.75) is 240 Å². The summed E-state index contributed by atoms with van der Waals surface area (Å²) in [5, 5.41) is 78.3. The van der Waals surface area contributed by atoms with Crippen LogP contribution in [0.25, 0.3) is 0 Å². The number of hydrogen-bond acceptors (Lipinski definition) is 24. The summed E-state index contributed by atoms with van der Waals surface area (Å²) < 4.78 is 141. The maximum absolute atomic E-state index is 12.7. The Kier molecular flexibility index (Phi) is 29.4. The number of alkyl halides is 6. The summed E-state index contributed by atoms with van der Waals surface area (Å²) >= 11 is 14.5. The molecule has 42 heteroatoms. The summed E-state index contributed by atoms with van der Waals surface area (Å²) in [4.78, 5) is 72.9. The Morgan fingerprint density at radius 3 is 1.22 bits per heavy atom. The molecule has 6 fully saturated rings. The predicted octanol–water partition coefficient (Wildman–Crippen LogP) is 4.15. The third-order valence-electron chi connectivity index (χ3n) is 23.4. The Labute approximate surface area is 687 Å². The molecule has 12 heterocycles. The molecular weight excluding hydrogens is 1990 g/mol. The van der Waals surface area contributed by atoms with Crippen molar-refractivity contribution < 1.29 is 104 Å². The predicted molar refractivity (Wildman–Crippen MR) is 414 cm³/mol. The van der Waals surface area contributed by atoms with Gasteiger partial charge in [-0.2, -0.15) is 0 Å². The molecule has 0 radical (unpaired) electrons. The van der Waals surface area contributed by atoms with Crippen LogP contribution >= 0.6 is 69.6 Å². The van der Waals surface area contributed by atoms with Crippen LogP contribution in [0.2, 0.25) is 15.6 Å². The Morgan fingerprint density at radius 2 is 0.784 bits per heavy atom. The zero-order valence-electron chi connectivity index (χ0n) is 63.9. The number of nitrogens with one attached hydrogen (secondary N) is 6. The van der Waals surface area contributed by atoms with Crippen molar-refractivity contribution in [2.24, 2.45) is 35.5 Å². The molecular formula is C69H102Cl6N6O24S2Se2Te2. The molecule has 0 spiro atoms. The molecule has 6 amide bonds. The fraction of sp³-hybridized carbons (Fsp3) is 0.739. The molecule has 0 aromatic carbocycles. The molecule has 0 unspecified atom stereocenters. The molecule has 630 valence electrons. The molecule has 0 aliphatic carbocycles. The van der Waals surface area contributed by atoms with Crippen molar-refractivity contribution in [3.8, 4) is 0 Å². The van der Waals surface area contributed by atoms with Gasteiger partial charge < -0.3 is 20.8 Å². The fourth-order valence-electron chi connectivity index (χ4n) is 17.2. The topological polar surface area (TPSA) is 501 Å². The second-order valence-electron chi connectivity index (χ2n) is 31.4. The first-order valence-corrected chi connectivity index (χ1v) is 57.3. The van der Waals surface area contributed by atoms with Crippen LogP contribution in [0.3, 0.4) is 0 Å². The standard InChI is InChI=1S/C12H18ClNO4S.C12H18ClNO4Se.C12H18ClNO4Te.C11H16ClNO4S.C11H16ClNO4Se.C11H16ClNO4Te/c3*1-6(2)10(15)12-9(14-11(12)16)8(4-5-13)7(3)19(12,17)18;3*1-6(2)9(14)11-8(13-10(11)15)7(3-4-12)5-18(11,16)17/h3*6,9-10,15H,4-5H2,1-3H3,(H,14,16);3*5-6,8-9,14H,3-4H2,1-2H3,(H,13,15)/t3*9-,10-,12-;3*8-,9-,11-/m000000/s1. The van der Waals surface area contributed by atoms with Crippen molar-refractivity contribution in [1.29, 1.82) is 0 Å². The van der Waals surface area contributed by atoms with E-state index < -0.39 is 215 Å². The van der Waals surface area contributed by atoms with E-state index in [1.807, 2.05) is 0 Å². The first-order valence-electron chi connectivity index (χ1n) is 36.0. The molecule has 0 saturated carbocycles. The summed E-state index contributed by atoms with van der Waals surface area (Å²) in [7, 11) is -7.63. The zero-order valence-corrected chi connectivity index (χ0v) is 78.1. The van der Waals surface area contributed by atoms with E-state index in [9.17, 15) is 104 Å². The minimum atomic E-state index is -5.12. The number of aliphatic hydroxyl groups excluding tert-OH is 6. The molecule has 12 aliphatic rings. The van der Waals surface area contributed by atoms with Gasteiger partial charge in [-0.3, -0.25) is 9.59 Å². The number of allylic oxidation sites excluding steroid dienone is 3. The van der Waals surface area contributed by atoms with Crippen LogP contribution in [0.15, 0.2) is 60.9 Å². The molecule has 12 rings (SSSR count). The number of sulfone groups is 2. The zero-order chi connectivity index (χ0) is 84.9. The second-order valence-corrected chi connectivity index (χ2v) is 59.3. The average molecular weight is 2090 g/mol. The van der Waals surface area contributed by atoms with Crippen LogP contribution in [0.1, 0.15) is 142 Å². The molecule has 0 aromatic heterocycles. The van der Waals surface area contributed by atoms with Crippen molar-refractivity contribution in [2.75, 3.05) is 35.3 Å². The van der Waals surface area contributed by atoms with Crippen LogP contribution in [0.5, 0.6) is 0 Å². The van der Waals surface area contributed by atoms with Gasteiger partial charge in [0, 0.05) is 22.1 Å². The van der Waals surface area contributed by atoms with Crippen LogP contribution < -0.4 is 31.9 Å². The van der Waals surface area contributed by atoms with E-state index in [1.165, 1.54) is 29.9 Å². The first-order chi connectivity index (χ1) is 51.0. The summed E-state index contributed by atoms with van der Waals surface area (Å²) in [5.74, 6) is -3.64. The number of hydrogen-bond donors (Lipinski definition) is 12. The molecule has 6 saturated heterocycles. The fourth-order valence-corrected chi connectivity index (χ4v) is 47.0. The number of amides is 6. The third-order valence-corrected chi connectivity index (χ3v) is 53.3. The summed E-state index contributed by atoms with van der Waals surface area (Å²) in [6.45, 7) is 25.0. The van der Waals surface area contributed by atoms with E-state index in [0.29, 0.717) is 95.5 Å². The monoisotopic (exact) mass is 2090 g/mol. The average Bonchev–Trinajstić information content (AvgIpc) is 1.52. The number of aliphatic hydroxyl groups is 6. The van der Waals surface area contributed by atoms with Gasteiger partial charge in [0.25, 0.3) is 0 Å². The number of carbonyl (C=O) groups is 6. The minimum absolute atomic E-state index is 0.177. The van der Waals surface area contributed by atoms with Gasteiger partial charge in [0.2, 0.25) is 21.3 Å². The number of rotatable bonds is 24. The van der Waals surface area contributed by atoms with Gasteiger partial charge in [-0.05, 0) is 42.7 Å². The van der Waals surface area contributed by atoms with Crippen molar-refractivity contribution in [1.82, 2.24) is 31.9 Å².